The van der Waals surface area contributed by atoms with Crippen LogP contribution in [0, 0.1) is 0 Å². The predicted octanol–water partition coefficient (Wildman–Crippen LogP) is 0.879. The van der Waals surface area contributed by atoms with Crippen LogP contribution in [-0.2, 0) is 12.8 Å². The van der Waals surface area contributed by atoms with E-state index in [0.29, 0.717) is 42.4 Å². The maximum Gasteiger partial charge on any atom is 0.251 e. The zero-order valence-corrected chi connectivity index (χ0v) is 12.2. The van der Waals surface area contributed by atoms with Crippen molar-refractivity contribution in [2.45, 2.75) is 12.8 Å². The highest BCUT2D eigenvalue weighted by atomic mass is 16.5. The molecule has 0 fully saturated rings. The van der Waals surface area contributed by atoms with E-state index in [1.54, 1.807) is 14.2 Å². The maximum absolute atomic E-state index is 11.6. The van der Waals surface area contributed by atoms with Crippen molar-refractivity contribution in [2.24, 2.45) is 5.73 Å². The van der Waals surface area contributed by atoms with Crippen LogP contribution in [0.15, 0.2) is 29.1 Å². The molecule has 0 radical (unpaired) electrons. The lowest BCUT2D eigenvalue weighted by molar-refractivity contribution is 0.354. The molecule has 6 heteroatoms. The third-order valence-corrected chi connectivity index (χ3v) is 3.06. The summed E-state index contributed by atoms with van der Waals surface area (Å²) < 4.78 is 10.5. The van der Waals surface area contributed by atoms with E-state index in [2.05, 4.69) is 9.97 Å². The molecule has 0 atom stereocenters. The highest BCUT2D eigenvalue weighted by Gasteiger charge is 2.07. The Morgan fingerprint density at radius 1 is 1.19 bits per heavy atom. The first kappa shape index (κ1) is 15.1. The quantitative estimate of drug-likeness (QED) is 0.824. The molecule has 0 aliphatic heterocycles. The predicted molar refractivity (Wildman–Crippen MR) is 80.0 cm³/mol. The fourth-order valence-corrected chi connectivity index (χ4v) is 2.11. The first-order chi connectivity index (χ1) is 10.2. The topological polar surface area (TPSA) is 90.2 Å². The minimum absolute atomic E-state index is 0.163. The average Bonchev–Trinajstić information content (AvgIpc) is 2.46. The summed E-state index contributed by atoms with van der Waals surface area (Å²) in [5.41, 5.74) is 7.02. The van der Waals surface area contributed by atoms with Gasteiger partial charge in [0.15, 0.2) is 11.5 Å². The van der Waals surface area contributed by atoms with Crippen LogP contribution in [0.5, 0.6) is 11.5 Å². The molecule has 112 valence electrons. The van der Waals surface area contributed by atoms with Gasteiger partial charge in [0, 0.05) is 24.6 Å². The number of H-pyrrole nitrogens is 1. The van der Waals surface area contributed by atoms with Gasteiger partial charge in [-0.15, -0.1) is 0 Å². The molecule has 0 aliphatic carbocycles. The number of benzene rings is 1. The monoisotopic (exact) mass is 289 g/mol. The molecule has 0 amide bonds. The van der Waals surface area contributed by atoms with Crippen molar-refractivity contribution in [1.29, 1.82) is 0 Å². The Bertz CT molecular complexity index is 667. The van der Waals surface area contributed by atoms with Gasteiger partial charge in [-0.3, -0.25) is 4.79 Å². The van der Waals surface area contributed by atoms with Gasteiger partial charge >= 0.3 is 0 Å². The SMILES string of the molecule is COc1ccc(Cc2nc(CCN)cc(=O)[nH]2)cc1OC. The summed E-state index contributed by atoms with van der Waals surface area (Å²) in [7, 11) is 3.18. The van der Waals surface area contributed by atoms with E-state index >= 15 is 0 Å². The molecule has 2 aromatic rings. The molecule has 1 heterocycles. The van der Waals surface area contributed by atoms with Crippen molar-refractivity contribution < 1.29 is 9.47 Å². The number of aromatic nitrogens is 2. The van der Waals surface area contributed by atoms with E-state index in [4.69, 9.17) is 15.2 Å². The standard InChI is InChI=1S/C15H19N3O3/c1-20-12-4-3-10(7-13(12)21-2)8-14-17-11(5-6-16)9-15(19)18-14/h3-4,7,9H,5-6,8,16H2,1-2H3,(H,17,18,19). The van der Waals surface area contributed by atoms with Crippen LogP contribution in [0.3, 0.4) is 0 Å². The smallest absolute Gasteiger partial charge is 0.251 e. The lowest BCUT2D eigenvalue weighted by Gasteiger charge is -2.09. The molecule has 1 aromatic heterocycles. The van der Waals surface area contributed by atoms with Gasteiger partial charge in [-0.25, -0.2) is 4.98 Å². The molecule has 1 aromatic carbocycles. The lowest BCUT2D eigenvalue weighted by Crippen LogP contribution is -2.15. The number of nitrogens with zero attached hydrogens (tertiary/aromatic N) is 1. The Hall–Kier alpha value is -2.34. The Kier molecular flexibility index (Phi) is 4.94. The first-order valence-electron chi connectivity index (χ1n) is 6.66. The minimum atomic E-state index is -0.163. The van der Waals surface area contributed by atoms with E-state index in [-0.39, 0.29) is 5.56 Å². The molecule has 3 N–H and O–H groups in total. The Labute approximate surface area is 122 Å². The maximum atomic E-state index is 11.6. The highest BCUT2D eigenvalue weighted by Crippen LogP contribution is 2.28. The van der Waals surface area contributed by atoms with Crippen molar-refractivity contribution in [1.82, 2.24) is 9.97 Å². The summed E-state index contributed by atoms with van der Waals surface area (Å²) in [6.45, 7) is 0.465. The van der Waals surface area contributed by atoms with Crippen molar-refractivity contribution >= 4 is 0 Å². The lowest BCUT2D eigenvalue weighted by atomic mass is 10.1. The second-order valence-electron chi connectivity index (χ2n) is 4.59. The molecule has 0 spiro atoms. The van der Waals surface area contributed by atoms with E-state index in [1.807, 2.05) is 18.2 Å². The van der Waals surface area contributed by atoms with Gasteiger partial charge in [0.1, 0.15) is 5.82 Å². The summed E-state index contributed by atoms with van der Waals surface area (Å²) >= 11 is 0. The molecule has 6 nitrogen and oxygen atoms in total. The van der Waals surface area contributed by atoms with E-state index < -0.39 is 0 Å². The molecule has 0 aliphatic rings. The Morgan fingerprint density at radius 2 is 1.95 bits per heavy atom. The number of methoxy groups -OCH3 is 2. The van der Waals surface area contributed by atoms with Crippen molar-refractivity contribution in [3.8, 4) is 11.5 Å². The summed E-state index contributed by atoms with van der Waals surface area (Å²) in [5.74, 6) is 1.92. The second kappa shape index (κ2) is 6.90. The zero-order chi connectivity index (χ0) is 15.2. The van der Waals surface area contributed by atoms with Crippen LogP contribution >= 0.6 is 0 Å². The van der Waals surface area contributed by atoms with E-state index in [9.17, 15) is 4.79 Å². The number of aromatic amines is 1. The van der Waals surface area contributed by atoms with Crippen molar-refractivity contribution in [2.75, 3.05) is 20.8 Å². The second-order valence-corrected chi connectivity index (χ2v) is 4.59. The molecule has 0 saturated heterocycles. The molecule has 21 heavy (non-hydrogen) atoms. The van der Waals surface area contributed by atoms with Gasteiger partial charge in [-0.05, 0) is 24.2 Å². The number of nitrogens with two attached hydrogens (primary N) is 1. The van der Waals surface area contributed by atoms with Gasteiger partial charge in [0.05, 0.1) is 14.2 Å². The number of hydrogen-bond acceptors (Lipinski definition) is 5. The molecule has 0 bridgehead atoms. The van der Waals surface area contributed by atoms with Gasteiger partial charge < -0.3 is 20.2 Å². The number of ether oxygens (including phenoxy) is 2. The fraction of sp³-hybridized carbons (Fsp3) is 0.333. The summed E-state index contributed by atoms with van der Waals surface area (Å²) in [6.07, 6.45) is 1.09. The highest BCUT2D eigenvalue weighted by molar-refractivity contribution is 5.43. The Morgan fingerprint density at radius 3 is 2.62 bits per heavy atom. The summed E-state index contributed by atoms with van der Waals surface area (Å²) in [6, 6.07) is 7.09. The van der Waals surface area contributed by atoms with Gasteiger partial charge in [0.2, 0.25) is 0 Å². The van der Waals surface area contributed by atoms with E-state index in [1.165, 1.54) is 6.07 Å². The largest absolute Gasteiger partial charge is 0.493 e. The van der Waals surface area contributed by atoms with Gasteiger partial charge in [-0.1, -0.05) is 6.07 Å². The molecule has 0 unspecified atom stereocenters. The molecule has 2 rings (SSSR count). The van der Waals surface area contributed by atoms with Crippen LogP contribution in [0.2, 0.25) is 0 Å². The Balaban J connectivity index is 2.27. The molecular weight excluding hydrogens is 270 g/mol. The van der Waals surface area contributed by atoms with Crippen LogP contribution in [0.25, 0.3) is 0 Å². The number of hydrogen-bond donors (Lipinski definition) is 2. The van der Waals surface area contributed by atoms with Crippen LogP contribution < -0.4 is 20.8 Å². The first-order valence-corrected chi connectivity index (χ1v) is 6.66. The summed E-state index contributed by atoms with van der Waals surface area (Å²) in [5, 5.41) is 0. The normalized spacial score (nSPS) is 10.4. The van der Waals surface area contributed by atoms with Crippen LogP contribution in [-0.4, -0.2) is 30.7 Å². The van der Waals surface area contributed by atoms with Crippen molar-refractivity contribution in [3.63, 3.8) is 0 Å². The van der Waals surface area contributed by atoms with Gasteiger partial charge in [0.25, 0.3) is 5.56 Å². The molecule has 0 saturated carbocycles. The molecular formula is C15H19N3O3. The van der Waals surface area contributed by atoms with Crippen LogP contribution in [0.1, 0.15) is 17.1 Å². The number of nitrogens with one attached hydrogen (secondary N) is 1. The third-order valence-electron chi connectivity index (χ3n) is 3.06. The fourth-order valence-electron chi connectivity index (χ4n) is 2.11. The van der Waals surface area contributed by atoms with E-state index in [0.717, 1.165) is 5.56 Å². The average molecular weight is 289 g/mol. The summed E-state index contributed by atoms with van der Waals surface area (Å²) in [4.78, 5) is 18.8. The minimum Gasteiger partial charge on any atom is -0.493 e. The number of rotatable bonds is 6. The van der Waals surface area contributed by atoms with Crippen molar-refractivity contribution in [3.05, 3.63) is 51.7 Å². The van der Waals surface area contributed by atoms with Crippen LogP contribution in [0.4, 0.5) is 0 Å². The van der Waals surface area contributed by atoms with Gasteiger partial charge in [-0.2, -0.15) is 0 Å². The third kappa shape index (κ3) is 3.82. The zero-order valence-electron chi connectivity index (χ0n) is 12.2.